The number of hydrogen-bond donors (Lipinski definition) is 0. The summed E-state index contributed by atoms with van der Waals surface area (Å²) in [6, 6.07) is 5.35. The molecule has 0 aliphatic rings. The lowest BCUT2D eigenvalue weighted by atomic mass is 10.5. The van der Waals surface area contributed by atoms with Crippen molar-refractivity contribution in [2.75, 3.05) is 0 Å². The summed E-state index contributed by atoms with van der Waals surface area (Å²) in [6.07, 6.45) is 1.66. The van der Waals surface area contributed by atoms with Crippen LogP contribution in [0, 0.1) is 11.3 Å². The Morgan fingerprint density at radius 3 is 3.08 bits per heavy atom. The Hall–Kier alpha value is -1.41. The lowest BCUT2D eigenvalue weighted by Gasteiger charge is -1.92. The molecule has 0 bridgehead atoms. The van der Waals surface area contributed by atoms with E-state index >= 15 is 0 Å². The third kappa shape index (κ3) is 0.970. The molecule has 0 fully saturated rings. The zero-order valence-electron chi connectivity index (χ0n) is 5.90. The third-order valence-electron chi connectivity index (χ3n) is 1.43. The summed E-state index contributed by atoms with van der Waals surface area (Å²) in [7, 11) is 0. The van der Waals surface area contributed by atoms with Gasteiger partial charge in [0.25, 0.3) is 0 Å². The van der Waals surface area contributed by atoms with E-state index in [1.807, 2.05) is 6.07 Å². The van der Waals surface area contributed by atoms with E-state index in [2.05, 4.69) is 26.0 Å². The highest BCUT2D eigenvalue weighted by Crippen LogP contribution is 2.11. The predicted molar refractivity (Wildman–Crippen MR) is 45.4 cm³/mol. The molecule has 0 N–H and O–H groups in total. The molecule has 0 spiro atoms. The fourth-order valence-electron chi connectivity index (χ4n) is 0.921. The van der Waals surface area contributed by atoms with Gasteiger partial charge in [-0.05, 0) is 22.0 Å². The molecule has 2 aromatic heterocycles. The summed E-state index contributed by atoms with van der Waals surface area (Å²) in [6.45, 7) is 0. The molecule has 12 heavy (non-hydrogen) atoms. The van der Waals surface area contributed by atoms with E-state index in [1.54, 1.807) is 22.8 Å². The first-order valence-electron chi connectivity index (χ1n) is 3.21. The number of aromatic nitrogens is 3. The first-order valence-corrected chi connectivity index (χ1v) is 4.01. The molecular formula is C7H3BrN4. The van der Waals surface area contributed by atoms with E-state index < -0.39 is 0 Å². The van der Waals surface area contributed by atoms with Crippen molar-refractivity contribution >= 4 is 21.6 Å². The highest BCUT2D eigenvalue weighted by molar-refractivity contribution is 9.10. The Bertz CT molecular complexity index is 468. The van der Waals surface area contributed by atoms with E-state index in [0.29, 0.717) is 11.3 Å². The van der Waals surface area contributed by atoms with E-state index in [-0.39, 0.29) is 0 Å². The maximum absolute atomic E-state index is 8.56. The normalized spacial score (nSPS) is 10.0. The van der Waals surface area contributed by atoms with Crippen molar-refractivity contribution in [3.8, 4) is 6.07 Å². The van der Waals surface area contributed by atoms with Gasteiger partial charge in [0, 0.05) is 12.3 Å². The summed E-state index contributed by atoms with van der Waals surface area (Å²) in [5.74, 6) is 0. The molecule has 5 heteroatoms. The van der Waals surface area contributed by atoms with E-state index in [4.69, 9.17) is 5.26 Å². The SMILES string of the molecule is N#Cc1cc2nccc(Br)n2n1. The molecule has 0 saturated carbocycles. The van der Waals surface area contributed by atoms with Crippen LogP contribution in [-0.2, 0) is 0 Å². The number of halogens is 1. The molecule has 0 aromatic carbocycles. The molecule has 0 aliphatic carbocycles. The number of nitrogens with zero attached hydrogens (tertiary/aromatic N) is 4. The Morgan fingerprint density at radius 1 is 1.58 bits per heavy atom. The molecule has 2 heterocycles. The minimum atomic E-state index is 0.370. The standard InChI is InChI=1S/C7H3BrN4/c8-6-1-2-10-7-3-5(4-9)11-12(6)7/h1-3H. The second-order valence-electron chi connectivity index (χ2n) is 2.18. The zero-order valence-corrected chi connectivity index (χ0v) is 7.48. The summed E-state index contributed by atoms with van der Waals surface area (Å²) in [5, 5.41) is 12.5. The van der Waals surface area contributed by atoms with E-state index in [9.17, 15) is 0 Å². The Kier molecular flexibility index (Phi) is 1.55. The van der Waals surface area contributed by atoms with Crippen LogP contribution in [0.15, 0.2) is 22.9 Å². The van der Waals surface area contributed by atoms with Gasteiger partial charge in [0.1, 0.15) is 10.7 Å². The Morgan fingerprint density at radius 2 is 2.42 bits per heavy atom. The second-order valence-corrected chi connectivity index (χ2v) is 2.99. The minimum Gasteiger partial charge on any atom is -0.237 e. The van der Waals surface area contributed by atoms with Crippen molar-refractivity contribution in [3.63, 3.8) is 0 Å². The summed E-state index contributed by atoms with van der Waals surface area (Å²) in [4.78, 5) is 4.03. The van der Waals surface area contributed by atoms with Gasteiger partial charge in [-0.2, -0.15) is 10.4 Å². The van der Waals surface area contributed by atoms with Crippen LogP contribution in [0.25, 0.3) is 5.65 Å². The minimum absolute atomic E-state index is 0.370. The average molecular weight is 223 g/mol. The molecule has 0 aliphatic heterocycles. The van der Waals surface area contributed by atoms with Crippen LogP contribution in [0.1, 0.15) is 5.69 Å². The van der Waals surface area contributed by atoms with Gasteiger partial charge in [0.05, 0.1) is 0 Å². The molecule has 0 saturated heterocycles. The van der Waals surface area contributed by atoms with E-state index in [0.717, 1.165) is 4.60 Å². The van der Waals surface area contributed by atoms with E-state index in [1.165, 1.54) is 0 Å². The molecule has 4 nitrogen and oxygen atoms in total. The van der Waals surface area contributed by atoms with Crippen molar-refractivity contribution in [1.29, 1.82) is 5.26 Å². The second kappa shape index (κ2) is 2.57. The summed E-state index contributed by atoms with van der Waals surface area (Å²) in [5.41, 5.74) is 1.04. The molecule has 0 radical (unpaired) electrons. The molecule has 0 amide bonds. The third-order valence-corrected chi connectivity index (χ3v) is 2.03. The lowest BCUT2D eigenvalue weighted by molar-refractivity contribution is 0.906. The Balaban J connectivity index is 2.85. The van der Waals surface area contributed by atoms with Crippen LogP contribution < -0.4 is 0 Å². The van der Waals surface area contributed by atoms with Gasteiger partial charge in [-0.3, -0.25) is 0 Å². The fourth-order valence-corrected chi connectivity index (χ4v) is 1.30. The van der Waals surface area contributed by atoms with Crippen LogP contribution in [0.5, 0.6) is 0 Å². The van der Waals surface area contributed by atoms with Crippen molar-refractivity contribution in [3.05, 3.63) is 28.6 Å². The first kappa shape index (κ1) is 7.25. The molecule has 2 aromatic rings. The first-order chi connectivity index (χ1) is 5.81. The van der Waals surface area contributed by atoms with Gasteiger partial charge in [-0.1, -0.05) is 0 Å². The van der Waals surface area contributed by atoms with Crippen molar-refractivity contribution in [2.24, 2.45) is 0 Å². The maximum atomic E-state index is 8.56. The number of rotatable bonds is 0. The van der Waals surface area contributed by atoms with Crippen molar-refractivity contribution in [2.45, 2.75) is 0 Å². The zero-order chi connectivity index (χ0) is 8.55. The highest BCUT2D eigenvalue weighted by atomic mass is 79.9. The van der Waals surface area contributed by atoms with Gasteiger partial charge < -0.3 is 0 Å². The average Bonchev–Trinajstić information content (AvgIpc) is 2.49. The van der Waals surface area contributed by atoms with Crippen LogP contribution >= 0.6 is 15.9 Å². The summed E-state index contributed by atoms with van der Waals surface area (Å²) < 4.78 is 2.35. The number of hydrogen-bond acceptors (Lipinski definition) is 3. The van der Waals surface area contributed by atoms with Crippen LogP contribution in [0.4, 0.5) is 0 Å². The highest BCUT2D eigenvalue weighted by Gasteiger charge is 2.02. The van der Waals surface area contributed by atoms with Crippen LogP contribution in [0.3, 0.4) is 0 Å². The van der Waals surface area contributed by atoms with Gasteiger partial charge in [-0.15, -0.1) is 0 Å². The monoisotopic (exact) mass is 222 g/mol. The van der Waals surface area contributed by atoms with Crippen molar-refractivity contribution in [1.82, 2.24) is 14.6 Å². The van der Waals surface area contributed by atoms with Gasteiger partial charge in [0.2, 0.25) is 0 Å². The smallest absolute Gasteiger partial charge is 0.165 e. The lowest BCUT2D eigenvalue weighted by Crippen LogP contribution is -1.90. The molecule has 0 atom stereocenters. The maximum Gasteiger partial charge on any atom is 0.165 e. The fraction of sp³-hybridized carbons (Fsp3) is 0. The van der Waals surface area contributed by atoms with Crippen LogP contribution in [0.2, 0.25) is 0 Å². The molecule has 0 unspecified atom stereocenters. The number of fused-ring (bicyclic) bond motifs is 1. The predicted octanol–water partition coefficient (Wildman–Crippen LogP) is 1.36. The summed E-state index contributed by atoms with van der Waals surface area (Å²) >= 11 is 3.29. The van der Waals surface area contributed by atoms with Gasteiger partial charge in [0.15, 0.2) is 11.3 Å². The topological polar surface area (TPSA) is 54.0 Å². The van der Waals surface area contributed by atoms with Crippen molar-refractivity contribution < 1.29 is 0 Å². The van der Waals surface area contributed by atoms with Gasteiger partial charge in [-0.25, -0.2) is 9.50 Å². The number of nitriles is 1. The quantitative estimate of drug-likeness (QED) is 0.633. The largest absolute Gasteiger partial charge is 0.237 e. The van der Waals surface area contributed by atoms with Gasteiger partial charge >= 0.3 is 0 Å². The Labute approximate surface area is 76.6 Å². The molecule has 2 rings (SSSR count). The van der Waals surface area contributed by atoms with Crippen LogP contribution in [-0.4, -0.2) is 14.6 Å². The molecule has 58 valence electrons. The molecular weight excluding hydrogens is 220 g/mol.